The third kappa shape index (κ3) is 2.05. The molecule has 13 heavy (non-hydrogen) atoms. The number of Topliss-reactive ketones (excluding diaryl/α,β-unsaturated/α-hetero) is 1. The van der Waals surface area contributed by atoms with Gasteiger partial charge in [0, 0.05) is 5.57 Å². The molecule has 1 aliphatic carbocycles. The van der Waals surface area contributed by atoms with Gasteiger partial charge in [0.1, 0.15) is 5.83 Å². The van der Waals surface area contributed by atoms with Crippen LogP contribution in [0.5, 0.6) is 0 Å². The first kappa shape index (κ1) is 9.71. The fraction of sp³-hybridized carbons (Fsp3) is 0.300. The van der Waals surface area contributed by atoms with Crippen LogP contribution in [0.4, 0.5) is 4.39 Å². The molecule has 0 amide bonds. The Kier molecular flexibility index (Phi) is 2.66. The number of ketones is 1. The molecule has 1 rings (SSSR count). The highest BCUT2D eigenvalue weighted by Gasteiger charge is 2.13. The van der Waals surface area contributed by atoms with Crippen LogP contribution in [0.1, 0.15) is 20.3 Å². The summed E-state index contributed by atoms with van der Waals surface area (Å²) in [5, 5.41) is 0. The lowest BCUT2D eigenvalue weighted by atomic mass is 10.1. The Morgan fingerprint density at radius 2 is 2.23 bits per heavy atom. The third-order valence-corrected chi connectivity index (χ3v) is 1.93. The molecule has 0 spiro atoms. The van der Waals surface area contributed by atoms with Gasteiger partial charge in [-0.15, -0.1) is 0 Å². The molecule has 0 radical (unpaired) electrons. The van der Waals surface area contributed by atoms with Gasteiger partial charge in [-0.1, -0.05) is 11.6 Å². The minimum absolute atomic E-state index is 0.0515. The van der Waals surface area contributed by atoms with Crippen molar-refractivity contribution in [3.63, 3.8) is 0 Å². The predicted octanol–water partition coefficient (Wildman–Crippen LogP) is 1.99. The van der Waals surface area contributed by atoms with Crippen molar-refractivity contribution in [1.29, 1.82) is 0 Å². The monoisotopic (exact) mass is 181 g/mol. The smallest absolute Gasteiger partial charge is 0.161 e. The number of hydrogen-bond donors (Lipinski definition) is 1. The van der Waals surface area contributed by atoms with Crippen molar-refractivity contribution in [3.8, 4) is 0 Å². The summed E-state index contributed by atoms with van der Waals surface area (Å²) in [6.45, 7) is 3.18. The molecule has 0 aromatic rings. The highest BCUT2D eigenvalue weighted by atomic mass is 19.1. The molecule has 2 N–H and O–H groups in total. The number of carbonyl (C=O) groups excluding carboxylic acids is 1. The van der Waals surface area contributed by atoms with Crippen LogP contribution in [-0.2, 0) is 4.79 Å². The molecule has 0 fully saturated rings. The SMILES string of the molecule is CC(=O)C1=CCC(C)=CC(F)=C1N. The van der Waals surface area contributed by atoms with E-state index in [0.717, 1.165) is 5.57 Å². The highest BCUT2D eigenvalue weighted by molar-refractivity contribution is 5.97. The number of nitrogens with two attached hydrogens (primary N) is 1. The van der Waals surface area contributed by atoms with Crippen molar-refractivity contribution in [2.24, 2.45) is 5.73 Å². The van der Waals surface area contributed by atoms with Crippen LogP contribution < -0.4 is 5.73 Å². The third-order valence-electron chi connectivity index (χ3n) is 1.93. The van der Waals surface area contributed by atoms with E-state index in [2.05, 4.69) is 0 Å². The molecule has 0 unspecified atom stereocenters. The van der Waals surface area contributed by atoms with Gasteiger partial charge in [0.05, 0.1) is 5.70 Å². The summed E-state index contributed by atoms with van der Waals surface area (Å²) in [6.07, 6.45) is 3.60. The second kappa shape index (κ2) is 3.56. The van der Waals surface area contributed by atoms with E-state index >= 15 is 0 Å². The van der Waals surface area contributed by atoms with Gasteiger partial charge in [-0.25, -0.2) is 4.39 Å². The van der Waals surface area contributed by atoms with E-state index in [4.69, 9.17) is 5.73 Å². The average molecular weight is 181 g/mol. The molecule has 0 saturated heterocycles. The maximum Gasteiger partial charge on any atom is 0.161 e. The zero-order chi connectivity index (χ0) is 10.0. The van der Waals surface area contributed by atoms with Gasteiger partial charge >= 0.3 is 0 Å². The summed E-state index contributed by atoms with van der Waals surface area (Å²) in [4.78, 5) is 11.0. The zero-order valence-corrected chi connectivity index (χ0v) is 7.73. The molecule has 2 nitrogen and oxygen atoms in total. The molecule has 0 atom stereocenters. The Morgan fingerprint density at radius 1 is 1.62 bits per heavy atom. The van der Waals surface area contributed by atoms with E-state index in [9.17, 15) is 9.18 Å². The van der Waals surface area contributed by atoms with Crippen LogP contribution in [0.2, 0.25) is 0 Å². The van der Waals surface area contributed by atoms with Crippen LogP contribution in [0.3, 0.4) is 0 Å². The van der Waals surface area contributed by atoms with Gasteiger partial charge in [0.25, 0.3) is 0 Å². The van der Waals surface area contributed by atoms with Gasteiger partial charge in [0.2, 0.25) is 0 Å². The van der Waals surface area contributed by atoms with Crippen molar-refractivity contribution in [1.82, 2.24) is 0 Å². The lowest BCUT2D eigenvalue weighted by Gasteiger charge is -2.01. The molecule has 3 heteroatoms. The standard InChI is InChI=1S/C10H12FNO/c1-6-3-4-8(7(2)13)10(12)9(11)5-6/h4-5H,3,12H2,1-2H3. The maximum absolute atomic E-state index is 13.2. The normalized spacial score (nSPS) is 17.8. The Hall–Kier alpha value is -1.38. The Morgan fingerprint density at radius 3 is 2.77 bits per heavy atom. The largest absolute Gasteiger partial charge is 0.396 e. The van der Waals surface area contributed by atoms with Crippen molar-refractivity contribution in [2.75, 3.05) is 0 Å². The number of rotatable bonds is 1. The first-order valence-electron chi connectivity index (χ1n) is 4.06. The van der Waals surface area contributed by atoms with Crippen LogP contribution in [0.15, 0.2) is 34.8 Å². The number of hydrogen-bond acceptors (Lipinski definition) is 2. The van der Waals surface area contributed by atoms with E-state index < -0.39 is 5.83 Å². The number of halogens is 1. The van der Waals surface area contributed by atoms with E-state index in [0.29, 0.717) is 6.42 Å². The summed E-state index contributed by atoms with van der Waals surface area (Å²) in [7, 11) is 0. The predicted molar refractivity (Wildman–Crippen MR) is 49.5 cm³/mol. The van der Waals surface area contributed by atoms with Crippen LogP contribution >= 0.6 is 0 Å². The molecule has 0 aromatic heterocycles. The van der Waals surface area contributed by atoms with Gasteiger partial charge in [-0.05, 0) is 26.3 Å². The van der Waals surface area contributed by atoms with Gasteiger partial charge in [0.15, 0.2) is 5.78 Å². The molecule has 1 aliphatic rings. The topological polar surface area (TPSA) is 43.1 Å². The molecule has 70 valence electrons. The summed E-state index contributed by atoms with van der Waals surface area (Å²) < 4.78 is 13.2. The van der Waals surface area contributed by atoms with Crippen molar-refractivity contribution < 1.29 is 9.18 Å². The second-order valence-corrected chi connectivity index (χ2v) is 3.13. The van der Waals surface area contributed by atoms with Crippen LogP contribution in [0, 0.1) is 0 Å². The fourth-order valence-electron chi connectivity index (χ4n) is 1.19. The van der Waals surface area contributed by atoms with E-state index in [1.54, 1.807) is 13.0 Å². The van der Waals surface area contributed by atoms with Crippen LogP contribution in [-0.4, -0.2) is 5.78 Å². The van der Waals surface area contributed by atoms with Crippen molar-refractivity contribution >= 4 is 5.78 Å². The highest BCUT2D eigenvalue weighted by Crippen LogP contribution is 2.21. The lowest BCUT2D eigenvalue weighted by Crippen LogP contribution is -2.09. The van der Waals surface area contributed by atoms with Crippen molar-refractivity contribution in [2.45, 2.75) is 20.3 Å². The molecular weight excluding hydrogens is 169 g/mol. The van der Waals surface area contributed by atoms with E-state index in [1.165, 1.54) is 13.0 Å². The minimum atomic E-state index is -0.517. The molecule has 0 aromatic carbocycles. The fourth-order valence-corrected chi connectivity index (χ4v) is 1.19. The Balaban J connectivity index is 3.17. The van der Waals surface area contributed by atoms with E-state index in [-0.39, 0.29) is 17.1 Å². The quantitative estimate of drug-likeness (QED) is 0.672. The zero-order valence-electron chi connectivity index (χ0n) is 7.73. The molecule has 0 aliphatic heterocycles. The van der Waals surface area contributed by atoms with E-state index in [1.807, 2.05) is 0 Å². The number of carbonyl (C=O) groups is 1. The first-order valence-corrected chi connectivity index (χ1v) is 4.06. The Bertz CT molecular complexity index is 337. The van der Waals surface area contributed by atoms with Crippen molar-refractivity contribution in [3.05, 3.63) is 34.8 Å². The van der Waals surface area contributed by atoms with Gasteiger partial charge < -0.3 is 5.73 Å². The van der Waals surface area contributed by atoms with Crippen LogP contribution in [0.25, 0.3) is 0 Å². The first-order chi connectivity index (χ1) is 6.02. The van der Waals surface area contributed by atoms with Gasteiger partial charge in [-0.2, -0.15) is 0 Å². The minimum Gasteiger partial charge on any atom is -0.396 e. The molecule has 0 heterocycles. The molecule has 0 bridgehead atoms. The maximum atomic E-state index is 13.2. The summed E-state index contributed by atoms with van der Waals surface area (Å²) in [5.41, 5.74) is 6.55. The summed E-state index contributed by atoms with van der Waals surface area (Å²) >= 11 is 0. The molecule has 0 saturated carbocycles. The molecular formula is C10H12FNO. The lowest BCUT2D eigenvalue weighted by molar-refractivity contribution is -0.113. The average Bonchev–Trinajstić information content (AvgIpc) is 2.13. The Labute approximate surface area is 76.6 Å². The second-order valence-electron chi connectivity index (χ2n) is 3.13. The summed E-state index contributed by atoms with van der Waals surface area (Å²) in [5.74, 6) is -0.716. The summed E-state index contributed by atoms with van der Waals surface area (Å²) in [6, 6.07) is 0. The van der Waals surface area contributed by atoms with Gasteiger partial charge in [-0.3, -0.25) is 4.79 Å². The number of allylic oxidation sites excluding steroid dienone is 5.